The van der Waals surface area contributed by atoms with Crippen molar-refractivity contribution < 1.29 is 13.2 Å². The van der Waals surface area contributed by atoms with Gasteiger partial charge in [-0.05, 0) is 44.0 Å². The highest BCUT2D eigenvalue weighted by Gasteiger charge is 2.35. The van der Waals surface area contributed by atoms with E-state index in [1.54, 1.807) is 6.07 Å². The van der Waals surface area contributed by atoms with Gasteiger partial charge in [0, 0.05) is 10.0 Å². The highest BCUT2D eigenvalue weighted by molar-refractivity contribution is 9.10. The lowest BCUT2D eigenvalue weighted by Crippen LogP contribution is -2.07. The van der Waals surface area contributed by atoms with Crippen LogP contribution in [0.2, 0.25) is 0 Å². The Labute approximate surface area is 122 Å². The summed E-state index contributed by atoms with van der Waals surface area (Å²) in [5, 5.41) is 8.79. The van der Waals surface area contributed by atoms with Crippen LogP contribution in [0, 0.1) is 11.3 Å². The van der Waals surface area contributed by atoms with Crippen molar-refractivity contribution in [3.63, 3.8) is 0 Å². The third-order valence-electron chi connectivity index (χ3n) is 2.29. The van der Waals surface area contributed by atoms with Crippen LogP contribution in [0.15, 0.2) is 27.3 Å². The van der Waals surface area contributed by atoms with Crippen molar-refractivity contribution in [2.45, 2.75) is 6.18 Å². The Kier molecular flexibility index (Phi) is 3.69. The van der Waals surface area contributed by atoms with E-state index < -0.39 is 12.0 Å². The molecule has 98 valence electrons. The summed E-state index contributed by atoms with van der Waals surface area (Å²) in [7, 11) is 0. The van der Waals surface area contributed by atoms with E-state index >= 15 is 0 Å². The van der Waals surface area contributed by atoms with Crippen LogP contribution in [-0.4, -0.2) is 9.97 Å². The lowest BCUT2D eigenvalue weighted by atomic mass is 10.1. The minimum atomic E-state index is -4.54. The van der Waals surface area contributed by atoms with E-state index in [0.717, 1.165) is 0 Å². The van der Waals surface area contributed by atoms with Gasteiger partial charge in [0.05, 0.1) is 5.56 Å². The highest BCUT2D eigenvalue weighted by atomic mass is 79.9. The average Bonchev–Trinajstić information content (AvgIpc) is 2.71. The third-order valence-corrected chi connectivity index (χ3v) is 3.52. The molecule has 0 aliphatic rings. The SMILES string of the molecule is N#Cc1ccc(-c2nc(C(F)(F)F)[nH]c2Br)cc1Br. The molecule has 2 rings (SSSR count). The monoisotopic (exact) mass is 393 g/mol. The fraction of sp³-hybridized carbons (Fsp3) is 0.0909. The van der Waals surface area contributed by atoms with Gasteiger partial charge in [-0.15, -0.1) is 0 Å². The predicted octanol–water partition coefficient (Wildman–Crippen LogP) is 4.49. The third kappa shape index (κ3) is 2.82. The quantitative estimate of drug-likeness (QED) is 0.774. The van der Waals surface area contributed by atoms with Gasteiger partial charge in [0.1, 0.15) is 16.4 Å². The molecule has 0 fully saturated rings. The molecule has 0 bridgehead atoms. The number of hydrogen-bond acceptors (Lipinski definition) is 2. The normalized spacial score (nSPS) is 11.4. The summed E-state index contributed by atoms with van der Waals surface area (Å²) in [5.74, 6) is -1.07. The number of nitrogens with one attached hydrogen (secondary N) is 1. The van der Waals surface area contributed by atoms with Gasteiger partial charge in [-0.3, -0.25) is 0 Å². The molecule has 0 saturated heterocycles. The number of hydrogen-bond donors (Lipinski definition) is 1. The molecule has 2 aromatic rings. The van der Waals surface area contributed by atoms with Gasteiger partial charge >= 0.3 is 6.18 Å². The number of benzene rings is 1. The van der Waals surface area contributed by atoms with Crippen LogP contribution in [0.5, 0.6) is 0 Å². The predicted molar refractivity (Wildman–Crippen MR) is 69.1 cm³/mol. The maximum Gasteiger partial charge on any atom is 0.449 e. The molecule has 0 atom stereocenters. The minimum absolute atomic E-state index is 0.136. The van der Waals surface area contributed by atoms with Gasteiger partial charge in [-0.25, -0.2) is 4.98 Å². The van der Waals surface area contributed by atoms with Crippen LogP contribution < -0.4 is 0 Å². The Hall–Kier alpha value is -1.33. The molecule has 1 aromatic heterocycles. The van der Waals surface area contributed by atoms with E-state index in [0.29, 0.717) is 15.6 Å². The zero-order valence-corrected chi connectivity index (χ0v) is 12.2. The highest BCUT2D eigenvalue weighted by Crippen LogP contribution is 2.34. The largest absolute Gasteiger partial charge is 0.449 e. The van der Waals surface area contributed by atoms with Gasteiger partial charge < -0.3 is 4.98 Å². The van der Waals surface area contributed by atoms with Crippen molar-refractivity contribution in [3.8, 4) is 17.3 Å². The number of nitriles is 1. The van der Waals surface area contributed by atoms with Gasteiger partial charge in [0.25, 0.3) is 0 Å². The van der Waals surface area contributed by atoms with E-state index in [4.69, 9.17) is 5.26 Å². The molecule has 0 radical (unpaired) electrons. The van der Waals surface area contributed by atoms with Crippen molar-refractivity contribution in [2.24, 2.45) is 0 Å². The average molecular weight is 395 g/mol. The van der Waals surface area contributed by atoms with Crippen molar-refractivity contribution in [1.82, 2.24) is 9.97 Å². The summed E-state index contributed by atoms with van der Waals surface area (Å²) in [5.41, 5.74) is 0.994. The maximum atomic E-state index is 12.5. The Morgan fingerprint density at radius 2 is 1.95 bits per heavy atom. The van der Waals surface area contributed by atoms with Gasteiger partial charge in [0.15, 0.2) is 0 Å². The number of aromatic nitrogens is 2. The number of rotatable bonds is 1. The second-order valence-corrected chi connectivity index (χ2v) is 5.20. The summed E-state index contributed by atoms with van der Waals surface area (Å²) >= 11 is 6.19. The molecule has 0 unspecified atom stereocenters. The molecule has 0 amide bonds. The molecule has 0 aliphatic heterocycles. The second kappa shape index (κ2) is 4.98. The Balaban J connectivity index is 2.51. The number of alkyl halides is 3. The molecule has 3 nitrogen and oxygen atoms in total. The number of nitrogens with zero attached hydrogens (tertiary/aromatic N) is 2. The second-order valence-electron chi connectivity index (χ2n) is 3.55. The molecular formula is C11H4Br2F3N3. The van der Waals surface area contributed by atoms with E-state index in [9.17, 15) is 13.2 Å². The number of H-pyrrole nitrogens is 1. The summed E-state index contributed by atoms with van der Waals surface area (Å²) in [4.78, 5) is 5.65. The minimum Gasteiger partial charge on any atom is -0.329 e. The van der Waals surface area contributed by atoms with Crippen LogP contribution in [0.1, 0.15) is 11.4 Å². The first kappa shape index (κ1) is 14.1. The summed E-state index contributed by atoms with van der Waals surface area (Å²) in [6.07, 6.45) is -4.54. The molecule has 1 N–H and O–H groups in total. The van der Waals surface area contributed by atoms with Crippen LogP contribution >= 0.6 is 31.9 Å². The first-order chi connectivity index (χ1) is 8.82. The lowest BCUT2D eigenvalue weighted by Gasteiger charge is -2.01. The Morgan fingerprint density at radius 3 is 2.42 bits per heavy atom. The van der Waals surface area contributed by atoms with E-state index in [2.05, 4.69) is 41.8 Å². The first-order valence-electron chi connectivity index (χ1n) is 4.85. The lowest BCUT2D eigenvalue weighted by molar-refractivity contribution is -0.144. The molecule has 1 aromatic carbocycles. The smallest absolute Gasteiger partial charge is 0.329 e. The standard InChI is InChI=1S/C11H4Br2F3N3/c12-7-3-5(1-2-6(7)4-17)8-9(13)19-10(18-8)11(14,15)16/h1-3H,(H,18,19). The molecule has 0 saturated carbocycles. The van der Waals surface area contributed by atoms with Crippen molar-refractivity contribution in [1.29, 1.82) is 5.26 Å². The maximum absolute atomic E-state index is 12.5. The fourth-order valence-electron chi connectivity index (χ4n) is 1.43. The van der Waals surface area contributed by atoms with Gasteiger partial charge in [-0.2, -0.15) is 18.4 Å². The molecule has 19 heavy (non-hydrogen) atoms. The van der Waals surface area contributed by atoms with E-state index in [1.165, 1.54) is 12.1 Å². The topological polar surface area (TPSA) is 52.5 Å². The molecule has 0 aliphatic carbocycles. The zero-order chi connectivity index (χ0) is 14.2. The van der Waals surface area contributed by atoms with Gasteiger partial charge in [0.2, 0.25) is 5.82 Å². The zero-order valence-electron chi connectivity index (χ0n) is 9.02. The summed E-state index contributed by atoms with van der Waals surface area (Å²) in [6.45, 7) is 0. The number of aromatic amines is 1. The van der Waals surface area contributed by atoms with E-state index in [-0.39, 0.29) is 10.3 Å². The number of halogens is 5. The van der Waals surface area contributed by atoms with Crippen LogP contribution in [-0.2, 0) is 6.18 Å². The fourth-order valence-corrected chi connectivity index (χ4v) is 2.40. The summed E-state index contributed by atoms with van der Waals surface area (Å²) in [6, 6.07) is 6.53. The summed E-state index contributed by atoms with van der Waals surface area (Å²) < 4.78 is 38.2. The van der Waals surface area contributed by atoms with Crippen LogP contribution in [0.25, 0.3) is 11.3 Å². The first-order valence-corrected chi connectivity index (χ1v) is 6.44. The Morgan fingerprint density at radius 1 is 1.26 bits per heavy atom. The molecular weight excluding hydrogens is 391 g/mol. The van der Waals surface area contributed by atoms with Crippen LogP contribution in [0.3, 0.4) is 0 Å². The molecule has 1 heterocycles. The van der Waals surface area contributed by atoms with Gasteiger partial charge in [-0.1, -0.05) is 6.07 Å². The molecule has 0 spiro atoms. The Bertz CT molecular complexity index is 671. The van der Waals surface area contributed by atoms with Crippen molar-refractivity contribution >= 4 is 31.9 Å². The molecule has 8 heteroatoms. The van der Waals surface area contributed by atoms with Crippen molar-refractivity contribution in [3.05, 3.63) is 38.7 Å². The van der Waals surface area contributed by atoms with Crippen LogP contribution in [0.4, 0.5) is 13.2 Å². The van der Waals surface area contributed by atoms with E-state index in [1.807, 2.05) is 6.07 Å². The number of imidazole rings is 1. The van der Waals surface area contributed by atoms with Crippen molar-refractivity contribution in [2.75, 3.05) is 0 Å².